The Morgan fingerprint density at radius 1 is 1.08 bits per heavy atom. The molecule has 0 aliphatic carbocycles. The molecule has 12 heavy (non-hydrogen) atoms. The zero-order chi connectivity index (χ0) is 9.40. The van der Waals surface area contributed by atoms with Gasteiger partial charge in [-0.15, -0.1) is 0 Å². The molecule has 0 aromatic carbocycles. The van der Waals surface area contributed by atoms with Crippen molar-refractivity contribution in [2.75, 3.05) is 10.7 Å². The van der Waals surface area contributed by atoms with E-state index in [0.717, 1.165) is 10.7 Å². The van der Waals surface area contributed by atoms with Gasteiger partial charge in [0.2, 0.25) is 11.8 Å². The van der Waals surface area contributed by atoms with E-state index in [2.05, 4.69) is 37.2 Å². The number of imide groups is 1. The van der Waals surface area contributed by atoms with Crippen LogP contribution in [-0.4, -0.2) is 22.5 Å². The largest absolute Gasteiger partial charge is 0.296 e. The van der Waals surface area contributed by atoms with E-state index < -0.39 is 0 Å². The summed E-state index contributed by atoms with van der Waals surface area (Å²) >= 11 is 6.40. The Balaban J connectivity index is 0.000000261. The Kier molecular flexibility index (Phi) is 7.80. The molecule has 0 bridgehead atoms. The Morgan fingerprint density at radius 3 is 1.67 bits per heavy atom. The van der Waals surface area contributed by atoms with E-state index in [1.54, 1.807) is 0 Å². The predicted molar refractivity (Wildman–Crippen MR) is 54.6 cm³/mol. The molecule has 0 saturated carbocycles. The van der Waals surface area contributed by atoms with E-state index in [4.69, 9.17) is 0 Å². The van der Waals surface area contributed by atoms with Crippen molar-refractivity contribution in [2.24, 2.45) is 0 Å². The van der Waals surface area contributed by atoms with E-state index in [1.165, 1.54) is 0 Å². The minimum absolute atomic E-state index is 0.138. The summed E-state index contributed by atoms with van der Waals surface area (Å²) in [6.45, 7) is 0. The first-order chi connectivity index (χ1) is 5.70. The van der Waals surface area contributed by atoms with E-state index >= 15 is 0 Å². The van der Waals surface area contributed by atoms with E-state index in [0.29, 0.717) is 19.3 Å². The summed E-state index contributed by atoms with van der Waals surface area (Å²) in [7, 11) is 0. The fourth-order valence-corrected chi connectivity index (χ4v) is 0.690. The van der Waals surface area contributed by atoms with Crippen LogP contribution in [0.5, 0.6) is 0 Å². The summed E-state index contributed by atoms with van der Waals surface area (Å²) in [5, 5.41) is 4.30. The normalized spacial score (nSPS) is 16.2. The van der Waals surface area contributed by atoms with Gasteiger partial charge in [0.05, 0.1) is 0 Å². The second-order valence-electron chi connectivity index (χ2n) is 2.20. The van der Waals surface area contributed by atoms with E-state index in [-0.39, 0.29) is 11.8 Å². The lowest BCUT2D eigenvalue weighted by atomic mass is 10.1. The van der Waals surface area contributed by atoms with Crippen LogP contribution >= 0.6 is 31.9 Å². The van der Waals surface area contributed by atoms with Gasteiger partial charge >= 0.3 is 0 Å². The lowest BCUT2D eigenvalue weighted by Gasteiger charge is -2.07. The first kappa shape index (κ1) is 12.1. The molecule has 1 heterocycles. The molecule has 3 nitrogen and oxygen atoms in total. The molecule has 0 aromatic rings. The molecule has 1 N–H and O–H groups in total. The predicted octanol–water partition coefficient (Wildman–Crippen LogP) is 1.59. The van der Waals surface area contributed by atoms with Gasteiger partial charge in [-0.05, 0) is 6.42 Å². The van der Waals surface area contributed by atoms with Gasteiger partial charge in [-0.1, -0.05) is 31.9 Å². The number of carbonyl (C=O) groups is 2. The highest BCUT2D eigenvalue weighted by Gasteiger charge is 2.12. The maximum absolute atomic E-state index is 10.3. The highest BCUT2D eigenvalue weighted by atomic mass is 79.9. The van der Waals surface area contributed by atoms with Crippen molar-refractivity contribution in [2.45, 2.75) is 19.3 Å². The number of hydrogen-bond acceptors (Lipinski definition) is 2. The lowest BCUT2D eigenvalue weighted by molar-refractivity contribution is -0.132. The van der Waals surface area contributed by atoms with Crippen LogP contribution < -0.4 is 5.32 Å². The monoisotopic (exact) mass is 299 g/mol. The lowest BCUT2D eigenvalue weighted by Crippen LogP contribution is -2.33. The molecule has 1 aliphatic heterocycles. The van der Waals surface area contributed by atoms with Crippen molar-refractivity contribution in [3.8, 4) is 0 Å². The number of alkyl halides is 2. The number of rotatable bonds is 1. The zero-order valence-electron chi connectivity index (χ0n) is 6.61. The first-order valence-electron chi connectivity index (χ1n) is 3.65. The van der Waals surface area contributed by atoms with Gasteiger partial charge < -0.3 is 0 Å². The highest BCUT2D eigenvalue weighted by Crippen LogP contribution is 2.00. The minimum atomic E-state index is -0.138. The van der Waals surface area contributed by atoms with Crippen molar-refractivity contribution in [1.29, 1.82) is 0 Å². The van der Waals surface area contributed by atoms with Crippen LogP contribution in [-0.2, 0) is 9.59 Å². The van der Waals surface area contributed by atoms with Gasteiger partial charge in [0, 0.05) is 23.5 Å². The van der Waals surface area contributed by atoms with Crippen LogP contribution in [0.25, 0.3) is 0 Å². The molecule has 0 aromatic heterocycles. The minimum Gasteiger partial charge on any atom is -0.296 e. The Morgan fingerprint density at radius 2 is 1.50 bits per heavy atom. The van der Waals surface area contributed by atoms with Crippen LogP contribution in [0.3, 0.4) is 0 Å². The van der Waals surface area contributed by atoms with Gasteiger partial charge in [0.25, 0.3) is 0 Å². The van der Waals surface area contributed by atoms with Crippen LogP contribution in [0.1, 0.15) is 19.3 Å². The zero-order valence-corrected chi connectivity index (χ0v) is 9.78. The second-order valence-corrected chi connectivity index (χ2v) is 3.79. The summed E-state index contributed by atoms with van der Waals surface area (Å²) < 4.78 is 0. The first-order valence-corrected chi connectivity index (χ1v) is 5.89. The summed E-state index contributed by atoms with van der Waals surface area (Å²) in [5.41, 5.74) is 0. The van der Waals surface area contributed by atoms with Crippen molar-refractivity contribution in [3.05, 3.63) is 0 Å². The van der Waals surface area contributed by atoms with Crippen molar-refractivity contribution in [1.82, 2.24) is 5.32 Å². The number of hydrogen-bond donors (Lipinski definition) is 1. The number of halogens is 2. The molecule has 5 heteroatoms. The number of nitrogens with one attached hydrogen (secondary N) is 1. The van der Waals surface area contributed by atoms with Crippen LogP contribution in [0.2, 0.25) is 0 Å². The molecular weight excluding hydrogens is 290 g/mol. The maximum Gasteiger partial charge on any atom is 0.226 e. The van der Waals surface area contributed by atoms with Crippen LogP contribution in [0.4, 0.5) is 0 Å². The van der Waals surface area contributed by atoms with Crippen LogP contribution in [0, 0.1) is 0 Å². The van der Waals surface area contributed by atoms with Gasteiger partial charge in [0.1, 0.15) is 0 Å². The number of piperidine rings is 1. The fourth-order valence-electron chi connectivity index (χ4n) is 0.690. The Bertz CT molecular complexity index is 145. The molecule has 0 spiro atoms. The third-order valence-corrected chi connectivity index (χ3v) is 3.02. The van der Waals surface area contributed by atoms with Crippen LogP contribution in [0.15, 0.2) is 0 Å². The average Bonchev–Trinajstić information content (AvgIpc) is 2.04. The standard InChI is InChI=1S/C5H7NO2.C2H4Br2/c7-4-2-1-3-5(8)6-4;3-1-2-4/h1-3H2,(H,6,7,8);1-2H2. The molecule has 0 unspecified atom stereocenters. The van der Waals surface area contributed by atoms with E-state index in [9.17, 15) is 9.59 Å². The quantitative estimate of drug-likeness (QED) is 0.590. The molecule has 70 valence electrons. The third kappa shape index (κ3) is 6.79. The topological polar surface area (TPSA) is 46.2 Å². The highest BCUT2D eigenvalue weighted by molar-refractivity contribution is 9.11. The molecule has 0 atom stereocenters. The molecule has 2 amide bonds. The average molecular weight is 301 g/mol. The molecule has 0 radical (unpaired) electrons. The third-order valence-electron chi connectivity index (χ3n) is 1.16. The Labute approximate surface area is 88.5 Å². The molecule has 1 aliphatic rings. The fraction of sp³-hybridized carbons (Fsp3) is 0.714. The SMILES string of the molecule is BrCCBr.O=C1CCCC(=O)N1. The number of carbonyl (C=O) groups excluding carboxylic acids is 2. The van der Waals surface area contributed by atoms with Crippen molar-refractivity contribution in [3.63, 3.8) is 0 Å². The summed E-state index contributed by atoms with van der Waals surface area (Å²) in [6, 6.07) is 0. The van der Waals surface area contributed by atoms with Gasteiger partial charge in [-0.2, -0.15) is 0 Å². The summed E-state index contributed by atoms with van der Waals surface area (Å²) in [6.07, 6.45) is 1.72. The Hall–Kier alpha value is 0.100. The van der Waals surface area contributed by atoms with Crippen molar-refractivity contribution < 1.29 is 9.59 Å². The summed E-state index contributed by atoms with van der Waals surface area (Å²) in [5.74, 6) is -0.275. The maximum atomic E-state index is 10.3. The van der Waals surface area contributed by atoms with Gasteiger partial charge in [0.15, 0.2) is 0 Å². The molecule has 1 fully saturated rings. The molecule has 1 saturated heterocycles. The van der Waals surface area contributed by atoms with Gasteiger partial charge in [-0.3, -0.25) is 14.9 Å². The van der Waals surface area contributed by atoms with Crippen molar-refractivity contribution >= 4 is 43.7 Å². The smallest absolute Gasteiger partial charge is 0.226 e. The summed E-state index contributed by atoms with van der Waals surface area (Å²) in [4.78, 5) is 20.7. The van der Waals surface area contributed by atoms with E-state index in [1.807, 2.05) is 0 Å². The molecular formula is C7H11Br2NO2. The second kappa shape index (κ2) is 7.73. The van der Waals surface area contributed by atoms with Gasteiger partial charge in [-0.25, -0.2) is 0 Å². The number of amides is 2. The molecule has 1 rings (SSSR count).